The summed E-state index contributed by atoms with van der Waals surface area (Å²) in [6, 6.07) is 8.48. The first-order chi connectivity index (χ1) is 13.5. The van der Waals surface area contributed by atoms with E-state index in [2.05, 4.69) is 49.9 Å². The fourth-order valence-corrected chi connectivity index (χ4v) is 6.07. The van der Waals surface area contributed by atoms with Crippen molar-refractivity contribution in [3.8, 4) is 0 Å². The molecule has 2 aliphatic heterocycles. The number of aromatic nitrogens is 1. The van der Waals surface area contributed by atoms with E-state index >= 15 is 0 Å². The summed E-state index contributed by atoms with van der Waals surface area (Å²) in [6.45, 7) is 14.0. The number of thiazole rings is 1. The standard InChI is InChI=1S/C22H32N4OS/c1-16-12-17(2)14-26(13-16)22(27)18(3)25-10-8-24(9-11-25)15-21-23-19-6-4-5-7-20(19)28-21/h4-7,16-18H,8-15H2,1-3H3/p+2/t16-,17-,18-/m1/s1. The lowest BCUT2D eigenvalue weighted by molar-refractivity contribution is -1.02. The molecule has 2 saturated heterocycles. The van der Waals surface area contributed by atoms with E-state index in [0.717, 1.165) is 51.3 Å². The first-order valence-electron chi connectivity index (χ1n) is 10.8. The van der Waals surface area contributed by atoms with Crippen LogP contribution in [0.1, 0.15) is 32.2 Å². The Morgan fingerprint density at radius 1 is 1.18 bits per heavy atom. The molecule has 3 heterocycles. The predicted molar refractivity (Wildman–Crippen MR) is 114 cm³/mol. The number of hydrogen-bond donors (Lipinski definition) is 2. The Morgan fingerprint density at radius 2 is 1.86 bits per heavy atom. The van der Waals surface area contributed by atoms with Crippen LogP contribution < -0.4 is 9.80 Å². The molecule has 5 nitrogen and oxygen atoms in total. The monoisotopic (exact) mass is 402 g/mol. The van der Waals surface area contributed by atoms with Gasteiger partial charge < -0.3 is 14.7 Å². The number of piperazine rings is 1. The Bertz CT molecular complexity index is 771. The van der Waals surface area contributed by atoms with E-state index in [9.17, 15) is 4.79 Å². The molecule has 1 aromatic heterocycles. The van der Waals surface area contributed by atoms with Crippen LogP contribution in [0.4, 0.5) is 0 Å². The average Bonchev–Trinajstić information content (AvgIpc) is 3.09. The number of para-hydroxylation sites is 1. The normalized spacial score (nSPS) is 29.8. The summed E-state index contributed by atoms with van der Waals surface area (Å²) in [6.07, 6.45) is 1.25. The van der Waals surface area contributed by atoms with Gasteiger partial charge in [0.1, 0.15) is 37.7 Å². The van der Waals surface area contributed by atoms with E-state index in [0.29, 0.717) is 17.7 Å². The maximum Gasteiger partial charge on any atom is 0.280 e. The number of carbonyl (C=O) groups excluding carboxylic acids is 1. The molecule has 0 unspecified atom stereocenters. The van der Waals surface area contributed by atoms with Crippen LogP contribution in [0.2, 0.25) is 0 Å². The number of rotatable bonds is 4. The van der Waals surface area contributed by atoms with Gasteiger partial charge in [-0.2, -0.15) is 0 Å². The van der Waals surface area contributed by atoms with E-state index in [-0.39, 0.29) is 6.04 Å². The van der Waals surface area contributed by atoms with Gasteiger partial charge in [-0.15, -0.1) is 11.3 Å². The van der Waals surface area contributed by atoms with Gasteiger partial charge in [0, 0.05) is 13.1 Å². The second-order valence-corrected chi connectivity index (χ2v) is 10.2. The Morgan fingerprint density at radius 3 is 2.54 bits per heavy atom. The SMILES string of the molecule is C[C@@H]1C[C@@H](C)CN(C(=O)[C@@H](C)[NH+]2CC[NH+](Cc3nc4ccccc4s3)CC2)C1. The minimum Gasteiger partial charge on any atom is -0.337 e. The highest BCUT2D eigenvalue weighted by Crippen LogP contribution is 2.22. The van der Waals surface area contributed by atoms with Crippen molar-refractivity contribution in [2.45, 2.75) is 39.8 Å². The van der Waals surface area contributed by atoms with Gasteiger partial charge in [0.2, 0.25) is 0 Å². The molecule has 3 atom stereocenters. The number of benzene rings is 1. The minimum absolute atomic E-state index is 0.0847. The number of fused-ring (bicyclic) bond motifs is 1. The van der Waals surface area contributed by atoms with Crippen LogP contribution in [0.3, 0.4) is 0 Å². The molecule has 4 rings (SSSR count). The third kappa shape index (κ3) is 4.39. The van der Waals surface area contributed by atoms with E-state index < -0.39 is 0 Å². The molecule has 1 amide bonds. The quantitative estimate of drug-likeness (QED) is 0.781. The van der Waals surface area contributed by atoms with E-state index in [4.69, 9.17) is 4.98 Å². The molecular formula is C22H34N4OS+2. The molecule has 2 aromatic rings. The van der Waals surface area contributed by atoms with Crippen LogP contribution >= 0.6 is 11.3 Å². The van der Waals surface area contributed by atoms with Gasteiger partial charge >= 0.3 is 0 Å². The highest BCUT2D eigenvalue weighted by atomic mass is 32.1. The molecule has 2 N–H and O–H groups in total. The van der Waals surface area contributed by atoms with Gasteiger partial charge in [-0.05, 0) is 37.3 Å². The predicted octanol–water partition coefficient (Wildman–Crippen LogP) is 0.473. The van der Waals surface area contributed by atoms with Gasteiger partial charge in [0.25, 0.3) is 5.91 Å². The number of hydrogen-bond acceptors (Lipinski definition) is 3. The summed E-state index contributed by atoms with van der Waals surface area (Å²) < 4.78 is 1.28. The number of quaternary nitrogens is 2. The van der Waals surface area contributed by atoms with Gasteiger partial charge in [0.15, 0.2) is 6.04 Å². The number of carbonyl (C=O) groups is 1. The highest BCUT2D eigenvalue weighted by molar-refractivity contribution is 7.18. The van der Waals surface area contributed by atoms with Crippen LogP contribution in [-0.4, -0.2) is 61.1 Å². The summed E-state index contributed by atoms with van der Waals surface area (Å²) in [5, 5.41) is 1.24. The van der Waals surface area contributed by atoms with Crippen LogP contribution in [0.15, 0.2) is 24.3 Å². The van der Waals surface area contributed by atoms with Crippen molar-refractivity contribution in [3.63, 3.8) is 0 Å². The molecular weight excluding hydrogens is 368 g/mol. The molecule has 2 aliphatic rings. The van der Waals surface area contributed by atoms with Crippen molar-refractivity contribution >= 4 is 27.5 Å². The molecule has 152 valence electrons. The van der Waals surface area contributed by atoms with Gasteiger partial charge in [-0.3, -0.25) is 4.79 Å². The summed E-state index contributed by atoms with van der Waals surface area (Å²) in [4.78, 5) is 23.0. The van der Waals surface area contributed by atoms with E-state index in [1.54, 1.807) is 4.90 Å². The second kappa shape index (κ2) is 8.47. The van der Waals surface area contributed by atoms with Crippen molar-refractivity contribution in [3.05, 3.63) is 29.3 Å². The van der Waals surface area contributed by atoms with Crippen LogP contribution in [0.25, 0.3) is 10.2 Å². The number of nitrogens with one attached hydrogen (secondary N) is 2. The molecule has 2 fully saturated rings. The van der Waals surface area contributed by atoms with Crippen LogP contribution in [0.5, 0.6) is 0 Å². The van der Waals surface area contributed by atoms with Gasteiger partial charge in [-0.1, -0.05) is 26.0 Å². The number of nitrogens with zero attached hydrogens (tertiary/aromatic N) is 2. The Labute approximate surface area is 172 Å². The molecule has 0 aliphatic carbocycles. The third-order valence-electron chi connectivity index (χ3n) is 6.50. The molecule has 0 radical (unpaired) electrons. The summed E-state index contributed by atoms with van der Waals surface area (Å²) >= 11 is 1.82. The average molecular weight is 403 g/mol. The molecule has 1 aromatic carbocycles. The highest BCUT2D eigenvalue weighted by Gasteiger charge is 2.35. The Kier molecular flexibility index (Phi) is 5.99. The molecule has 0 saturated carbocycles. The van der Waals surface area contributed by atoms with Crippen molar-refractivity contribution in [1.82, 2.24) is 9.88 Å². The van der Waals surface area contributed by atoms with Crippen LogP contribution in [-0.2, 0) is 11.3 Å². The largest absolute Gasteiger partial charge is 0.337 e. The summed E-state index contributed by atoms with van der Waals surface area (Å²) in [5.74, 6) is 1.62. The zero-order chi connectivity index (χ0) is 19.7. The van der Waals surface area contributed by atoms with E-state index in [1.165, 1.54) is 21.0 Å². The van der Waals surface area contributed by atoms with Crippen molar-refractivity contribution < 1.29 is 14.6 Å². The molecule has 0 bridgehead atoms. The first kappa shape index (κ1) is 19.8. The van der Waals surface area contributed by atoms with Crippen LogP contribution in [0, 0.1) is 11.8 Å². The number of likely N-dealkylation sites (tertiary alicyclic amines) is 1. The topological polar surface area (TPSA) is 42.1 Å². The lowest BCUT2D eigenvalue weighted by Crippen LogP contribution is -3.29. The number of piperidine rings is 1. The first-order valence-corrected chi connectivity index (χ1v) is 11.6. The molecule has 28 heavy (non-hydrogen) atoms. The van der Waals surface area contributed by atoms with Crippen molar-refractivity contribution in [2.24, 2.45) is 11.8 Å². The lowest BCUT2D eigenvalue weighted by Gasteiger charge is -2.38. The lowest BCUT2D eigenvalue weighted by atomic mass is 9.91. The smallest absolute Gasteiger partial charge is 0.280 e. The molecule has 0 spiro atoms. The fraction of sp³-hybridized carbons (Fsp3) is 0.636. The second-order valence-electron chi connectivity index (χ2n) is 9.07. The van der Waals surface area contributed by atoms with Gasteiger partial charge in [0.05, 0.1) is 10.2 Å². The Hall–Kier alpha value is -1.50. The minimum atomic E-state index is 0.0847. The third-order valence-corrected chi connectivity index (χ3v) is 7.54. The zero-order valence-electron chi connectivity index (χ0n) is 17.4. The number of amides is 1. The van der Waals surface area contributed by atoms with E-state index in [1.807, 2.05) is 11.3 Å². The summed E-state index contributed by atoms with van der Waals surface area (Å²) in [5.41, 5.74) is 1.12. The fourth-order valence-electron chi connectivity index (χ4n) is 5.04. The zero-order valence-corrected chi connectivity index (χ0v) is 18.2. The van der Waals surface area contributed by atoms with Crippen molar-refractivity contribution in [2.75, 3.05) is 39.3 Å². The summed E-state index contributed by atoms with van der Waals surface area (Å²) in [7, 11) is 0. The maximum atomic E-state index is 13.1. The molecule has 6 heteroatoms. The maximum absolute atomic E-state index is 13.1. The van der Waals surface area contributed by atoms with Crippen molar-refractivity contribution in [1.29, 1.82) is 0 Å². The van der Waals surface area contributed by atoms with Gasteiger partial charge in [-0.25, -0.2) is 4.98 Å². The Balaban J connectivity index is 1.30.